The van der Waals surface area contributed by atoms with Gasteiger partial charge in [-0.15, -0.1) is 10.2 Å². The molecule has 0 spiro atoms. The summed E-state index contributed by atoms with van der Waals surface area (Å²) in [4.78, 5) is 29.3. The van der Waals surface area contributed by atoms with Crippen LogP contribution in [0.3, 0.4) is 0 Å². The van der Waals surface area contributed by atoms with Crippen molar-refractivity contribution in [3.63, 3.8) is 0 Å². The third-order valence-corrected chi connectivity index (χ3v) is 7.12. The highest BCUT2D eigenvalue weighted by Gasteiger charge is 2.32. The maximum absolute atomic E-state index is 13.4. The van der Waals surface area contributed by atoms with Crippen molar-refractivity contribution >= 4 is 52.5 Å². The van der Waals surface area contributed by atoms with Gasteiger partial charge >= 0.3 is 0 Å². The molecule has 2 amide bonds. The minimum Gasteiger partial charge on any atom is -0.341 e. The molecule has 0 saturated carbocycles. The molecule has 1 saturated heterocycles. The summed E-state index contributed by atoms with van der Waals surface area (Å²) < 4.78 is 1.93. The van der Waals surface area contributed by atoms with Crippen molar-refractivity contribution in [2.75, 3.05) is 34.8 Å². The van der Waals surface area contributed by atoms with E-state index in [2.05, 4.69) is 20.4 Å². The van der Waals surface area contributed by atoms with Gasteiger partial charge in [0, 0.05) is 13.1 Å². The average Bonchev–Trinajstić information content (AvgIpc) is 3.48. The molecule has 0 aliphatic carbocycles. The number of para-hydroxylation sites is 3. The van der Waals surface area contributed by atoms with Gasteiger partial charge in [-0.1, -0.05) is 47.6 Å². The third kappa shape index (κ3) is 4.18. The molecular formula is C23H23ClN6O2S. The van der Waals surface area contributed by atoms with Crippen molar-refractivity contribution < 1.29 is 9.59 Å². The predicted molar refractivity (Wildman–Crippen MR) is 131 cm³/mol. The number of hydrogen-bond donors (Lipinski definition) is 1. The van der Waals surface area contributed by atoms with Crippen LogP contribution < -0.4 is 15.1 Å². The second-order valence-electron chi connectivity index (χ2n) is 8.01. The number of benzene rings is 2. The topological polar surface area (TPSA) is 83.4 Å². The molecule has 2 aliphatic rings. The molecule has 0 bridgehead atoms. The summed E-state index contributed by atoms with van der Waals surface area (Å²) in [6, 6.07) is 14.9. The van der Waals surface area contributed by atoms with Crippen LogP contribution >= 0.6 is 23.4 Å². The number of nitrogens with one attached hydrogen (secondary N) is 1. The number of rotatable bonds is 5. The number of thioether (sulfide) groups is 1. The highest BCUT2D eigenvalue weighted by atomic mass is 35.5. The summed E-state index contributed by atoms with van der Waals surface area (Å²) in [7, 11) is 0. The second-order valence-corrected chi connectivity index (χ2v) is 9.73. The number of carbonyl (C=O) groups excluding carboxylic acids is 2. The number of amides is 2. The zero-order chi connectivity index (χ0) is 22.9. The zero-order valence-corrected chi connectivity index (χ0v) is 19.6. The Kier molecular flexibility index (Phi) is 5.99. The van der Waals surface area contributed by atoms with Gasteiger partial charge in [-0.25, -0.2) is 0 Å². The summed E-state index contributed by atoms with van der Waals surface area (Å²) in [5, 5.41) is 12.4. The molecule has 0 radical (unpaired) electrons. The molecule has 1 N–H and O–H groups in total. The maximum atomic E-state index is 13.4. The normalized spacial score (nSPS) is 16.5. The van der Waals surface area contributed by atoms with Crippen molar-refractivity contribution in [3.05, 3.63) is 53.6 Å². The van der Waals surface area contributed by atoms with Crippen molar-refractivity contribution in [3.8, 4) is 5.69 Å². The van der Waals surface area contributed by atoms with Gasteiger partial charge in [0.25, 0.3) is 0 Å². The fourth-order valence-electron chi connectivity index (χ4n) is 4.16. The molecule has 8 nitrogen and oxygen atoms in total. The number of aromatic nitrogens is 3. The fourth-order valence-corrected chi connectivity index (χ4v) is 5.30. The van der Waals surface area contributed by atoms with E-state index in [1.165, 1.54) is 16.7 Å². The Morgan fingerprint density at radius 2 is 1.76 bits per heavy atom. The SMILES string of the molecule is CC(Sc1nnc(N2CCCC2)n1-c1ccccc1Cl)C(=O)N1CC(=O)Nc2ccccc21. The van der Waals surface area contributed by atoms with Crippen LogP contribution in [0.1, 0.15) is 19.8 Å². The predicted octanol–water partition coefficient (Wildman–Crippen LogP) is 3.99. The Hall–Kier alpha value is -3.04. The second kappa shape index (κ2) is 9.07. The first-order valence-corrected chi connectivity index (χ1v) is 12.1. The summed E-state index contributed by atoms with van der Waals surface area (Å²) in [5.74, 6) is 0.346. The highest BCUT2D eigenvalue weighted by molar-refractivity contribution is 8.00. The molecule has 170 valence electrons. The number of carbonyl (C=O) groups is 2. The molecule has 1 fully saturated rings. The molecule has 1 atom stereocenters. The van der Waals surface area contributed by atoms with Gasteiger partial charge in [-0.05, 0) is 44.0 Å². The van der Waals surface area contributed by atoms with Gasteiger partial charge in [0.1, 0.15) is 6.54 Å². The third-order valence-electron chi connectivity index (χ3n) is 5.77. The monoisotopic (exact) mass is 482 g/mol. The van der Waals surface area contributed by atoms with Gasteiger partial charge in [0.15, 0.2) is 5.16 Å². The molecule has 3 heterocycles. The molecule has 10 heteroatoms. The van der Waals surface area contributed by atoms with E-state index in [0.717, 1.165) is 37.6 Å². The van der Waals surface area contributed by atoms with Crippen LogP contribution in [-0.2, 0) is 9.59 Å². The van der Waals surface area contributed by atoms with Crippen LogP contribution in [0.2, 0.25) is 5.02 Å². The summed E-state index contributed by atoms with van der Waals surface area (Å²) in [6.07, 6.45) is 2.20. The van der Waals surface area contributed by atoms with Gasteiger partial charge in [-0.2, -0.15) is 0 Å². The van der Waals surface area contributed by atoms with Crippen LogP contribution in [0.4, 0.5) is 17.3 Å². The van der Waals surface area contributed by atoms with Crippen molar-refractivity contribution in [1.82, 2.24) is 14.8 Å². The summed E-state index contributed by atoms with van der Waals surface area (Å²) in [5.41, 5.74) is 2.10. The van der Waals surface area contributed by atoms with Crippen LogP contribution in [-0.4, -0.2) is 51.5 Å². The summed E-state index contributed by atoms with van der Waals surface area (Å²) >= 11 is 7.85. The first-order chi connectivity index (χ1) is 16.0. The molecule has 1 aromatic heterocycles. The Balaban J connectivity index is 1.47. The number of halogens is 1. The Labute approximate surface area is 200 Å². The minimum atomic E-state index is -0.499. The first kappa shape index (κ1) is 21.8. The number of fused-ring (bicyclic) bond motifs is 1. The molecule has 2 aromatic carbocycles. The van der Waals surface area contributed by atoms with Crippen LogP contribution in [0.15, 0.2) is 53.7 Å². The lowest BCUT2D eigenvalue weighted by molar-refractivity contribution is -0.121. The fraction of sp³-hybridized carbons (Fsp3) is 0.304. The molecular weight excluding hydrogens is 460 g/mol. The number of nitrogens with zero attached hydrogens (tertiary/aromatic N) is 5. The smallest absolute Gasteiger partial charge is 0.244 e. The Bertz CT molecular complexity index is 1210. The van der Waals surface area contributed by atoms with E-state index in [0.29, 0.717) is 21.6 Å². The number of anilines is 3. The van der Waals surface area contributed by atoms with E-state index in [1.807, 2.05) is 54.0 Å². The molecule has 3 aromatic rings. The van der Waals surface area contributed by atoms with E-state index < -0.39 is 5.25 Å². The standard InChI is InChI=1S/C23H23ClN6O2S/c1-15(21(32)29-14-20(31)25-17-9-3-5-11-19(17)29)33-23-27-26-22(28-12-6-7-13-28)30(23)18-10-4-2-8-16(18)24/h2-5,8-11,15H,6-7,12-14H2,1H3,(H,25,31). The van der Waals surface area contributed by atoms with Gasteiger partial charge < -0.3 is 10.2 Å². The summed E-state index contributed by atoms with van der Waals surface area (Å²) in [6.45, 7) is 3.61. The molecule has 2 aliphatic heterocycles. The van der Waals surface area contributed by atoms with E-state index >= 15 is 0 Å². The van der Waals surface area contributed by atoms with Gasteiger partial charge in [0.2, 0.25) is 17.8 Å². The molecule has 5 rings (SSSR count). The van der Waals surface area contributed by atoms with Crippen molar-refractivity contribution in [2.45, 2.75) is 30.2 Å². The average molecular weight is 483 g/mol. The van der Waals surface area contributed by atoms with Gasteiger partial charge in [0.05, 0.1) is 27.3 Å². The van der Waals surface area contributed by atoms with Crippen molar-refractivity contribution in [1.29, 1.82) is 0 Å². The zero-order valence-electron chi connectivity index (χ0n) is 18.1. The van der Waals surface area contributed by atoms with Crippen LogP contribution in [0.25, 0.3) is 5.69 Å². The van der Waals surface area contributed by atoms with Crippen LogP contribution in [0, 0.1) is 0 Å². The van der Waals surface area contributed by atoms with E-state index in [1.54, 1.807) is 6.07 Å². The Morgan fingerprint density at radius 1 is 1.06 bits per heavy atom. The minimum absolute atomic E-state index is 0.0169. The molecule has 33 heavy (non-hydrogen) atoms. The first-order valence-electron chi connectivity index (χ1n) is 10.8. The largest absolute Gasteiger partial charge is 0.341 e. The van der Waals surface area contributed by atoms with Gasteiger partial charge in [-0.3, -0.25) is 19.1 Å². The van der Waals surface area contributed by atoms with E-state index in [-0.39, 0.29) is 18.4 Å². The Morgan fingerprint density at radius 3 is 2.52 bits per heavy atom. The van der Waals surface area contributed by atoms with Crippen molar-refractivity contribution in [2.24, 2.45) is 0 Å². The van der Waals surface area contributed by atoms with E-state index in [9.17, 15) is 9.59 Å². The lowest BCUT2D eigenvalue weighted by atomic mass is 10.2. The highest BCUT2D eigenvalue weighted by Crippen LogP contribution is 2.35. The number of hydrogen-bond acceptors (Lipinski definition) is 6. The lowest BCUT2D eigenvalue weighted by Gasteiger charge is -2.30. The lowest BCUT2D eigenvalue weighted by Crippen LogP contribution is -2.45. The maximum Gasteiger partial charge on any atom is 0.244 e. The van der Waals surface area contributed by atoms with Crippen LogP contribution in [0.5, 0.6) is 0 Å². The molecule has 1 unspecified atom stereocenters. The van der Waals surface area contributed by atoms with E-state index in [4.69, 9.17) is 11.6 Å². The quantitative estimate of drug-likeness (QED) is 0.554.